The summed E-state index contributed by atoms with van der Waals surface area (Å²) in [5, 5.41) is 3.88. The Hall–Kier alpha value is 0.310. The molecule has 1 fully saturated rings. The summed E-state index contributed by atoms with van der Waals surface area (Å²) in [6.45, 7) is 9.55. The minimum atomic E-state index is 0.550. The zero-order valence-electron chi connectivity index (χ0n) is 13.1. The van der Waals surface area contributed by atoms with Gasteiger partial charge < -0.3 is 5.32 Å². The summed E-state index contributed by atoms with van der Waals surface area (Å²) in [4.78, 5) is 0. The van der Waals surface area contributed by atoms with E-state index in [1.54, 1.807) is 0 Å². The van der Waals surface area contributed by atoms with Gasteiger partial charge in [-0.25, -0.2) is 0 Å². The molecule has 0 heterocycles. The molecule has 1 rings (SSSR count). The zero-order chi connectivity index (χ0) is 13.6. The molecular weight excluding hydrogens is 238 g/mol. The van der Waals surface area contributed by atoms with Gasteiger partial charge in [0.05, 0.1) is 0 Å². The lowest BCUT2D eigenvalue weighted by Gasteiger charge is -2.40. The fourth-order valence-electron chi connectivity index (χ4n) is 3.15. The molecule has 0 amide bonds. The molecule has 0 aromatic heterocycles. The van der Waals surface area contributed by atoms with Crippen molar-refractivity contribution >= 4 is 11.8 Å². The van der Waals surface area contributed by atoms with Crippen molar-refractivity contribution in [3.05, 3.63) is 0 Å². The minimum absolute atomic E-state index is 0.550. The molecule has 0 aliphatic heterocycles. The van der Waals surface area contributed by atoms with E-state index < -0.39 is 0 Å². The van der Waals surface area contributed by atoms with E-state index in [4.69, 9.17) is 0 Å². The normalized spacial score (nSPS) is 27.2. The van der Waals surface area contributed by atoms with Gasteiger partial charge in [0.15, 0.2) is 0 Å². The summed E-state index contributed by atoms with van der Waals surface area (Å²) in [7, 11) is 0. The fraction of sp³-hybridized carbons (Fsp3) is 1.00. The Kier molecular flexibility index (Phi) is 7.08. The molecule has 2 heteroatoms. The summed E-state index contributed by atoms with van der Waals surface area (Å²) in [6, 6.07) is 1.51. The summed E-state index contributed by atoms with van der Waals surface area (Å²) < 4.78 is 0. The van der Waals surface area contributed by atoms with Crippen LogP contribution in [0.15, 0.2) is 0 Å². The van der Waals surface area contributed by atoms with Gasteiger partial charge in [-0.2, -0.15) is 11.8 Å². The highest BCUT2D eigenvalue weighted by Crippen LogP contribution is 2.40. The Balaban J connectivity index is 2.35. The van der Waals surface area contributed by atoms with Crippen molar-refractivity contribution in [2.24, 2.45) is 11.3 Å². The highest BCUT2D eigenvalue weighted by atomic mass is 32.2. The average molecular weight is 272 g/mol. The number of rotatable bonds is 7. The monoisotopic (exact) mass is 271 g/mol. The van der Waals surface area contributed by atoms with Gasteiger partial charge in [0.1, 0.15) is 0 Å². The van der Waals surface area contributed by atoms with Crippen molar-refractivity contribution in [3.63, 3.8) is 0 Å². The van der Waals surface area contributed by atoms with Crippen molar-refractivity contribution in [2.45, 2.75) is 78.3 Å². The molecule has 1 atom stereocenters. The van der Waals surface area contributed by atoms with E-state index in [1.165, 1.54) is 44.3 Å². The Morgan fingerprint density at radius 1 is 1.17 bits per heavy atom. The van der Waals surface area contributed by atoms with Crippen LogP contribution in [0.4, 0.5) is 0 Å². The number of nitrogens with one attached hydrogen (secondary N) is 1. The molecule has 108 valence electrons. The van der Waals surface area contributed by atoms with Crippen molar-refractivity contribution in [3.8, 4) is 0 Å². The average Bonchev–Trinajstić information content (AvgIpc) is 2.39. The van der Waals surface area contributed by atoms with Gasteiger partial charge in [-0.05, 0) is 49.7 Å². The molecule has 0 bridgehead atoms. The summed E-state index contributed by atoms with van der Waals surface area (Å²) in [5.41, 5.74) is 0.550. The lowest BCUT2D eigenvalue weighted by atomic mass is 9.69. The van der Waals surface area contributed by atoms with Crippen LogP contribution in [0.3, 0.4) is 0 Å². The maximum atomic E-state index is 3.88. The number of thioether (sulfide) groups is 1. The second-order valence-corrected chi connectivity index (χ2v) is 7.53. The second-order valence-electron chi connectivity index (χ2n) is 6.62. The first-order valence-corrected chi connectivity index (χ1v) is 9.17. The van der Waals surface area contributed by atoms with Crippen LogP contribution in [0.1, 0.15) is 66.2 Å². The molecule has 0 saturated heterocycles. The van der Waals surface area contributed by atoms with E-state index in [1.807, 2.05) is 11.8 Å². The van der Waals surface area contributed by atoms with Gasteiger partial charge in [-0.15, -0.1) is 0 Å². The van der Waals surface area contributed by atoms with Crippen LogP contribution in [-0.4, -0.2) is 24.1 Å². The van der Waals surface area contributed by atoms with Crippen LogP contribution in [0, 0.1) is 11.3 Å². The molecular formula is C16H33NS. The standard InChI is InChI=1S/C16H33NS/c1-6-14(12-18-5)17-15-10-8-13(9-11-15)16(3,4)7-2/h13-15,17H,6-12H2,1-5H3. The quantitative estimate of drug-likeness (QED) is 0.719. The maximum absolute atomic E-state index is 3.88. The van der Waals surface area contributed by atoms with Crippen LogP contribution in [0.25, 0.3) is 0 Å². The molecule has 0 aromatic rings. The smallest absolute Gasteiger partial charge is 0.0158 e. The number of hydrogen-bond donors (Lipinski definition) is 1. The van der Waals surface area contributed by atoms with Crippen molar-refractivity contribution < 1.29 is 0 Å². The molecule has 0 radical (unpaired) electrons. The maximum Gasteiger partial charge on any atom is 0.0158 e. The molecule has 1 aliphatic rings. The third-order valence-corrected chi connectivity index (χ3v) is 5.81. The predicted octanol–water partition coefficient (Wildman–Crippen LogP) is 4.71. The van der Waals surface area contributed by atoms with E-state index in [0.717, 1.165) is 18.0 Å². The van der Waals surface area contributed by atoms with Crippen LogP contribution < -0.4 is 5.32 Å². The predicted molar refractivity (Wildman–Crippen MR) is 85.4 cm³/mol. The van der Waals surface area contributed by atoms with Gasteiger partial charge in [-0.1, -0.05) is 34.1 Å². The molecule has 1 nitrogen and oxygen atoms in total. The molecule has 0 spiro atoms. The van der Waals surface area contributed by atoms with Gasteiger partial charge in [0.2, 0.25) is 0 Å². The largest absolute Gasteiger partial charge is 0.310 e. The van der Waals surface area contributed by atoms with Crippen molar-refractivity contribution in [1.82, 2.24) is 5.32 Å². The SMILES string of the molecule is CCC(CSC)NC1CCC(C(C)(C)CC)CC1. The second kappa shape index (κ2) is 7.79. The zero-order valence-corrected chi connectivity index (χ0v) is 13.9. The summed E-state index contributed by atoms with van der Waals surface area (Å²) in [6.07, 6.45) is 10.4. The molecule has 1 unspecified atom stereocenters. The first-order chi connectivity index (χ1) is 8.53. The lowest BCUT2D eigenvalue weighted by Crippen LogP contribution is -2.43. The first kappa shape index (κ1) is 16.4. The Bertz CT molecular complexity index is 219. The van der Waals surface area contributed by atoms with E-state index in [9.17, 15) is 0 Å². The Morgan fingerprint density at radius 2 is 1.78 bits per heavy atom. The van der Waals surface area contributed by atoms with Gasteiger partial charge in [0.25, 0.3) is 0 Å². The summed E-state index contributed by atoms with van der Waals surface area (Å²) in [5.74, 6) is 2.21. The van der Waals surface area contributed by atoms with E-state index in [2.05, 4.69) is 39.3 Å². The third-order valence-electron chi connectivity index (χ3n) is 5.08. The molecule has 18 heavy (non-hydrogen) atoms. The summed E-state index contributed by atoms with van der Waals surface area (Å²) >= 11 is 1.97. The molecule has 1 aliphatic carbocycles. The first-order valence-electron chi connectivity index (χ1n) is 7.78. The van der Waals surface area contributed by atoms with Gasteiger partial charge >= 0.3 is 0 Å². The van der Waals surface area contributed by atoms with Crippen LogP contribution >= 0.6 is 11.8 Å². The number of hydrogen-bond acceptors (Lipinski definition) is 2. The van der Waals surface area contributed by atoms with Gasteiger partial charge in [0, 0.05) is 17.8 Å². The Labute approximate surface area is 119 Å². The third kappa shape index (κ3) is 4.77. The Morgan fingerprint density at radius 3 is 2.22 bits per heavy atom. The van der Waals surface area contributed by atoms with Crippen LogP contribution in [0.2, 0.25) is 0 Å². The van der Waals surface area contributed by atoms with Crippen molar-refractivity contribution in [2.75, 3.05) is 12.0 Å². The van der Waals surface area contributed by atoms with Gasteiger partial charge in [-0.3, -0.25) is 0 Å². The highest BCUT2D eigenvalue weighted by Gasteiger charge is 2.32. The van der Waals surface area contributed by atoms with Crippen LogP contribution in [0.5, 0.6) is 0 Å². The lowest BCUT2D eigenvalue weighted by molar-refractivity contribution is 0.134. The van der Waals surface area contributed by atoms with Crippen molar-refractivity contribution in [1.29, 1.82) is 0 Å². The van der Waals surface area contributed by atoms with Crippen LogP contribution in [-0.2, 0) is 0 Å². The van der Waals surface area contributed by atoms with E-state index >= 15 is 0 Å². The minimum Gasteiger partial charge on any atom is -0.310 e. The van der Waals surface area contributed by atoms with E-state index in [0.29, 0.717) is 5.41 Å². The molecule has 0 aromatic carbocycles. The topological polar surface area (TPSA) is 12.0 Å². The molecule has 1 N–H and O–H groups in total. The highest BCUT2D eigenvalue weighted by molar-refractivity contribution is 7.98. The molecule has 1 saturated carbocycles. The van der Waals surface area contributed by atoms with E-state index in [-0.39, 0.29) is 0 Å². The fourth-order valence-corrected chi connectivity index (χ4v) is 3.88.